The van der Waals surface area contributed by atoms with Gasteiger partial charge in [0.2, 0.25) is 0 Å². The van der Waals surface area contributed by atoms with Crippen molar-refractivity contribution in [3.8, 4) is 0 Å². The lowest BCUT2D eigenvalue weighted by Crippen LogP contribution is -2.10. The number of rotatable bonds is 3. The van der Waals surface area contributed by atoms with Gasteiger partial charge in [0.25, 0.3) is 0 Å². The zero-order valence-corrected chi connectivity index (χ0v) is 12.9. The summed E-state index contributed by atoms with van der Waals surface area (Å²) in [5, 5.41) is 14.6. The Bertz CT molecular complexity index is 809. The molecule has 3 aromatic rings. The van der Waals surface area contributed by atoms with Crippen molar-refractivity contribution < 1.29 is 9.90 Å². The minimum Gasteiger partial charge on any atom is -0.478 e. The molecule has 106 valence electrons. The molecule has 1 atom stereocenters. The van der Waals surface area contributed by atoms with Crippen LogP contribution in [0.4, 0.5) is 0 Å². The highest BCUT2D eigenvalue weighted by molar-refractivity contribution is 9.10. The normalized spacial score (nSPS) is 12.5. The van der Waals surface area contributed by atoms with Crippen LogP contribution in [0.5, 0.6) is 0 Å². The number of aromatic carboxylic acids is 1. The molecule has 0 radical (unpaired) electrons. The molecule has 1 N–H and O–H groups in total. The smallest absolute Gasteiger partial charge is 0.337 e. The second kappa shape index (κ2) is 5.33. The molecule has 1 heterocycles. The minimum absolute atomic E-state index is 0.0453. The minimum atomic E-state index is -0.939. The summed E-state index contributed by atoms with van der Waals surface area (Å²) in [5.74, 6) is -0.939. The molecular weight excluding hydrogens is 332 g/mol. The molecule has 21 heavy (non-hydrogen) atoms. The maximum Gasteiger partial charge on any atom is 0.337 e. The third-order valence-corrected chi connectivity index (χ3v) is 4.10. The first kappa shape index (κ1) is 13.8. The number of halogens is 1. The zero-order valence-electron chi connectivity index (χ0n) is 11.3. The lowest BCUT2D eigenvalue weighted by Gasteiger charge is -2.15. The molecule has 0 amide bonds. The van der Waals surface area contributed by atoms with Crippen LogP contribution in [0.15, 0.2) is 53.1 Å². The van der Waals surface area contributed by atoms with Crippen LogP contribution in [0.1, 0.15) is 28.9 Å². The lowest BCUT2D eigenvalue weighted by molar-refractivity contribution is 0.0698. The van der Waals surface area contributed by atoms with Gasteiger partial charge in [0.15, 0.2) is 0 Å². The summed E-state index contributed by atoms with van der Waals surface area (Å²) in [7, 11) is 0. The summed E-state index contributed by atoms with van der Waals surface area (Å²) >= 11 is 3.41. The lowest BCUT2D eigenvalue weighted by atomic mass is 10.1. The number of carboxylic acids is 1. The van der Waals surface area contributed by atoms with E-state index in [9.17, 15) is 9.90 Å². The molecule has 5 heteroatoms. The molecule has 0 spiro atoms. The van der Waals surface area contributed by atoms with Crippen molar-refractivity contribution in [1.82, 2.24) is 9.78 Å². The Morgan fingerprint density at radius 2 is 1.95 bits per heavy atom. The Balaban J connectivity index is 2.16. The van der Waals surface area contributed by atoms with Crippen LogP contribution in [0, 0.1) is 0 Å². The average Bonchev–Trinajstić information content (AvgIpc) is 2.91. The Kier molecular flexibility index (Phi) is 3.51. The number of benzene rings is 2. The van der Waals surface area contributed by atoms with E-state index in [4.69, 9.17) is 0 Å². The highest BCUT2D eigenvalue weighted by Crippen LogP contribution is 2.26. The van der Waals surface area contributed by atoms with E-state index < -0.39 is 5.97 Å². The predicted molar refractivity (Wildman–Crippen MR) is 84.6 cm³/mol. The number of carboxylic acid groups (broad SMARTS) is 1. The summed E-state index contributed by atoms with van der Waals surface area (Å²) in [5.41, 5.74) is 2.00. The Labute approximate surface area is 130 Å². The van der Waals surface area contributed by atoms with Crippen molar-refractivity contribution in [3.05, 3.63) is 64.3 Å². The van der Waals surface area contributed by atoms with Crippen LogP contribution in [-0.2, 0) is 0 Å². The number of aromatic nitrogens is 2. The van der Waals surface area contributed by atoms with Gasteiger partial charge in [-0.05, 0) is 30.7 Å². The number of nitrogens with zero attached hydrogens (tertiary/aromatic N) is 2. The van der Waals surface area contributed by atoms with Gasteiger partial charge in [0, 0.05) is 9.86 Å². The van der Waals surface area contributed by atoms with E-state index in [1.807, 2.05) is 37.3 Å². The van der Waals surface area contributed by atoms with E-state index in [1.165, 1.54) is 0 Å². The van der Waals surface area contributed by atoms with E-state index in [1.54, 1.807) is 23.0 Å². The molecular formula is C16H13BrN2O2. The van der Waals surface area contributed by atoms with E-state index in [0.29, 0.717) is 5.52 Å². The molecule has 1 unspecified atom stereocenters. The van der Waals surface area contributed by atoms with Gasteiger partial charge in [-0.1, -0.05) is 40.2 Å². The number of carbonyl (C=O) groups is 1. The molecule has 0 aliphatic heterocycles. The van der Waals surface area contributed by atoms with Crippen LogP contribution in [0.3, 0.4) is 0 Å². The van der Waals surface area contributed by atoms with Gasteiger partial charge in [0.1, 0.15) is 0 Å². The number of fused-ring (bicyclic) bond motifs is 1. The molecule has 0 saturated heterocycles. The summed E-state index contributed by atoms with van der Waals surface area (Å²) in [6, 6.07) is 13.1. The number of hydrogen-bond acceptors (Lipinski definition) is 2. The summed E-state index contributed by atoms with van der Waals surface area (Å²) in [6.07, 6.45) is 1.71. The fraction of sp³-hybridized carbons (Fsp3) is 0.125. The van der Waals surface area contributed by atoms with Gasteiger partial charge in [-0.3, -0.25) is 4.68 Å². The quantitative estimate of drug-likeness (QED) is 0.777. The third-order valence-electron chi connectivity index (χ3n) is 3.57. The van der Waals surface area contributed by atoms with Crippen molar-refractivity contribution in [2.75, 3.05) is 0 Å². The molecule has 0 saturated carbocycles. The number of para-hydroxylation sites is 1. The molecule has 4 nitrogen and oxygen atoms in total. The monoisotopic (exact) mass is 344 g/mol. The van der Waals surface area contributed by atoms with Crippen LogP contribution in [-0.4, -0.2) is 20.9 Å². The van der Waals surface area contributed by atoms with E-state index in [-0.39, 0.29) is 11.6 Å². The fourth-order valence-electron chi connectivity index (χ4n) is 2.45. The maximum atomic E-state index is 11.4. The van der Waals surface area contributed by atoms with Gasteiger partial charge in [-0.2, -0.15) is 5.10 Å². The Hall–Kier alpha value is -2.14. The van der Waals surface area contributed by atoms with Crippen LogP contribution in [0.2, 0.25) is 0 Å². The molecule has 2 aromatic carbocycles. The van der Waals surface area contributed by atoms with Crippen LogP contribution < -0.4 is 0 Å². The first-order chi connectivity index (χ1) is 10.1. The van der Waals surface area contributed by atoms with Crippen molar-refractivity contribution in [2.45, 2.75) is 13.0 Å². The Morgan fingerprint density at radius 3 is 2.62 bits per heavy atom. The molecule has 0 aliphatic rings. The van der Waals surface area contributed by atoms with Crippen LogP contribution in [0.25, 0.3) is 10.9 Å². The second-order valence-corrected chi connectivity index (χ2v) is 5.78. The molecule has 0 bridgehead atoms. The highest BCUT2D eigenvalue weighted by Gasteiger charge is 2.17. The van der Waals surface area contributed by atoms with E-state index in [2.05, 4.69) is 21.0 Å². The molecule has 0 aliphatic carbocycles. The second-order valence-electron chi connectivity index (χ2n) is 4.87. The standard InChI is InChI=1S/C16H13BrN2O2/c1-10(11-5-7-13(17)8-6-11)19-15-12(9-18-19)3-2-4-14(15)16(20)21/h2-10H,1H3,(H,20,21). The van der Waals surface area contributed by atoms with Crippen LogP contribution >= 0.6 is 15.9 Å². The van der Waals surface area contributed by atoms with E-state index in [0.717, 1.165) is 15.4 Å². The van der Waals surface area contributed by atoms with Crippen molar-refractivity contribution in [1.29, 1.82) is 0 Å². The van der Waals surface area contributed by atoms with E-state index >= 15 is 0 Å². The largest absolute Gasteiger partial charge is 0.478 e. The molecule has 3 rings (SSSR count). The van der Waals surface area contributed by atoms with Gasteiger partial charge in [0.05, 0.1) is 23.3 Å². The maximum absolute atomic E-state index is 11.4. The van der Waals surface area contributed by atoms with Crippen molar-refractivity contribution in [2.24, 2.45) is 0 Å². The Morgan fingerprint density at radius 1 is 1.24 bits per heavy atom. The topological polar surface area (TPSA) is 55.1 Å². The first-order valence-electron chi connectivity index (χ1n) is 6.53. The summed E-state index contributed by atoms with van der Waals surface area (Å²) in [6.45, 7) is 2.01. The average molecular weight is 345 g/mol. The molecule has 1 aromatic heterocycles. The number of hydrogen-bond donors (Lipinski definition) is 1. The molecule has 0 fully saturated rings. The SMILES string of the molecule is CC(c1ccc(Br)cc1)n1ncc2cccc(C(=O)O)c21. The highest BCUT2D eigenvalue weighted by atomic mass is 79.9. The van der Waals surface area contributed by atoms with Crippen molar-refractivity contribution in [3.63, 3.8) is 0 Å². The van der Waals surface area contributed by atoms with Gasteiger partial charge in [-0.15, -0.1) is 0 Å². The fourth-order valence-corrected chi connectivity index (χ4v) is 2.72. The third kappa shape index (κ3) is 2.45. The predicted octanol–water partition coefficient (Wildman–Crippen LogP) is 4.11. The first-order valence-corrected chi connectivity index (χ1v) is 7.32. The van der Waals surface area contributed by atoms with Gasteiger partial charge < -0.3 is 5.11 Å². The van der Waals surface area contributed by atoms with Crippen molar-refractivity contribution >= 4 is 32.8 Å². The van der Waals surface area contributed by atoms with Gasteiger partial charge >= 0.3 is 5.97 Å². The van der Waals surface area contributed by atoms with Gasteiger partial charge in [-0.25, -0.2) is 4.79 Å². The summed E-state index contributed by atoms with van der Waals surface area (Å²) < 4.78 is 2.78. The summed E-state index contributed by atoms with van der Waals surface area (Å²) in [4.78, 5) is 11.4. The zero-order chi connectivity index (χ0) is 15.0.